The third-order valence-electron chi connectivity index (χ3n) is 1.91. The van der Waals surface area contributed by atoms with Crippen LogP contribution in [-0.4, -0.2) is 9.97 Å². The van der Waals surface area contributed by atoms with Crippen molar-refractivity contribution in [2.24, 2.45) is 0 Å². The van der Waals surface area contributed by atoms with Gasteiger partial charge in [0, 0.05) is 0 Å². The summed E-state index contributed by atoms with van der Waals surface area (Å²) >= 11 is 0. The lowest BCUT2D eigenvalue weighted by atomic mass is 10.2. The first kappa shape index (κ1) is 10.1. The number of hydrogen-bond donors (Lipinski definition) is 1. The lowest BCUT2D eigenvalue weighted by Gasteiger charge is -2.05. The minimum Gasteiger partial charge on any atom is -0.323 e. The molecule has 1 N–H and O–H groups in total. The molecule has 0 atom stereocenters. The van der Waals surface area contributed by atoms with Gasteiger partial charge in [0.2, 0.25) is 5.95 Å². The molecule has 1 heterocycles. The molecule has 0 fully saturated rings. The quantitative estimate of drug-likeness (QED) is 0.832. The van der Waals surface area contributed by atoms with Crippen LogP contribution >= 0.6 is 0 Å². The van der Waals surface area contributed by atoms with Crippen molar-refractivity contribution in [1.29, 1.82) is 5.26 Å². The topological polar surface area (TPSA) is 61.6 Å². The van der Waals surface area contributed by atoms with Crippen molar-refractivity contribution in [3.63, 3.8) is 0 Å². The van der Waals surface area contributed by atoms with E-state index in [1.165, 1.54) is 0 Å². The maximum atomic E-state index is 12.6. The van der Waals surface area contributed by atoms with Crippen LogP contribution in [0.25, 0.3) is 0 Å². The highest BCUT2D eigenvalue weighted by molar-refractivity contribution is 5.62. The van der Waals surface area contributed by atoms with Crippen molar-refractivity contribution in [2.75, 3.05) is 5.32 Å². The van der Waals surface area contributed by atoms with Gasteiger partial charge >= 0.3 is 0 Å². The van der Waals surface area contributed by atoms with E-state index >= 15 is 0 Å². The highest BCUT2D eigenvalue weighted by atomic mass is 19.1. The van der Waals surface area contributed by atoms with E-state index in [1.807, 2.05) is 6.07 Å². The van der Waals surface area contributed by atoms with E-state index in [4.69, 9.17) is 5.26 Å². The summed E-state index contributed by atoms with van der Waals surface area (Å²) in [5, 5.41) is 11.7. The highest BCUT2D eigenvalue weighted by Crippen LogP contribution is 2.16. The monoisotopic (exact) mass is 214 g/mol. The summed E-state index contributed by atoms with van der Waals surface area (Å²) in [6.45, 7) is 0. The predicted octanol–water partition coefficient (Wildman–Crippen LogP) is 2.23. The van der Waals surface area contributed by atoms with E-state index in [0.29, 0.717) is 11.3 Å². The third kappa shape index (κ3) is 2.12. The first-order valence-corrected chi connectivity index (χ1v) is 4.53. The first-order valence-electron chi connectivity index (χ1n) is 4.53. The lowest BCUT2D eigenvalue weighted by Crippen LogP contribution is -1.98. The molecule has 1 aromatic carbocycles. The summed E-state index contributed by atoms with van der Waals surface area (Å²) in [6.07, 6.45) is 2.12. The molecule has 78 valence electrons. The van der Waals surface area contributed by atoms with E-state index in [-0.39, 0.29) is 5.95 Å². The number of nitrogens with zero attached hydrogens (tertiary/aromatic N) is 3. The van der Waals surface area contributed by atoms with Crippen LogP contribution < -0.4 is 5.32 Å². The minimum atomic E-state index is -0.501. The van der Waals surface area contributed by atoms with Crippen LogP contribution in [0, 0.1) is 17.1 Å². The second-order valence-electron chi connectivity index (χ2n) is 3.01. The van der Waals surface area contributed by atoms with Crippen LogP contribution in [0.3, 0.4) is 0 Å². The maximum absolute atomic E-state index is 12.6. The van der Waals surface area contributed by atoms with Crippen molar-refractivity contribution in [2.45, 2.75) is 0 Å². The van der Waals surface area contributed by atoms with Crippen LogP contribution in [0.4, 0.5) is 16.0 Å². The molecule has 2 rings (SSSR count). The van der Waals surface area contributed by atoms with E-state index in [2.05, 4.69) is 15.3 Å². The Labute approximate surface area is 91.4 Å². The Morgan fingerprint density at radius 2 is 1.88 bits per heavy atom. The fourth-order valence-corrected chi connectivity index (χ4v) is 1.19. The van der Waals surface area contributed by atoms with Crippen molar-refractivity contribution in [3.8, 4) is 6.07 Å². The fraction of sp³-hybridized carbons (Fsp3) is 0. The molecule has 0 aliphatic carbocycles. The summed E-state index contributed by atoms with van der Waals surface area (Å²) in [5.41, 5.74) is 1.08. The van der Waals surface area contributed by atoms with Crippen molar-refractivity contribution in [3.05, 3.63) is 48.0 Å². The molecule has 16 heavy (non-hydrogen) atoms. The van der Waals surface area contributed by atoms with Crippen molar-refractivity contribution < 1.29 is 4.39 Å². The summed E-state index contributed by atoms with van der Waals surface area (Å²) in [6, 6.07) is 8.98. The van der Waals surface area contributed by atoms with E-state index in [1.54, 1.807) is 24.3 Å². The number of rotatable bonds is 2. The molecule has 0 saturated carbocycles. The zero-order valence-electron chi connectivity index (χ0n) is 8.18. The number of benzene rings is 1. The zero-order valence-corrected chi connectivity index (χ0v) is 8.18. The maximum Gasteiger partial charge on any atom is 0.227 e. The molecule has 0 amide bonds. The molecule has 0 radical (unpaired) electrons. The number of halogens is 1. The Bertz CT molecular complexity index is 530. The molecule has 0 bridgehead atoms. The third-order valence-corrected chi connectivity index (χ3v) is 1.91. The molecule has 5 heteroatoms. The molecule has 1 aromatic heterocycles. The molecular formula is C11H7FN4. The Morgan fingerprint density at radius 1 is 1.19 bits per heavy atom. The first-order chi connectivity index (χ1) is 7.79. The van der Waals surface area contributed by atoms with Crippen molar-refractivity contribution in [1.82, 2.24) is 9.97 Å². The van der Waals surface area contributed by atoms with Gasteiger partial charge in [0.1, 0.15) is 6.07 Å². The van der Waals surface area contributed by atoms with Gasteiger partial charge in [0.05, 0.1) is 23.6 Å². The molecule has 2 aromatic rings. The average molecular weight is 214 g/mol. The smallest absolute Gasteiger partial charge is 0.227 e. The number of nitriles is 1. The largest absolute Gasteiger partial charge is 0.323 e. The van der Waals surface area contributed by atoms with Crippen LogP contribution in [0.2, 0.25) is 0 Å². The number of nitrogens with one attached hydrogen (secondary N) is 1. The number of para-hydroxylation sites is 1. The number of anilines is 2. The standard InChI is InChI=1S/C11H7FN4/c12-9-6-14-11(15-7-9)16-10-4-2-1-3-8(10)5-13/h1-4,6-7H,(H,14,15,16). The van der Waals surface area contributed by atoms with Gasteiger partial charge in [-0.05, 0) is 12.1 Å². The number of hydrogen-bond acceptors (Lipinski definition) is 4. The van der Waals surface area contributed by atoms with Gasteiger partial charge in [-0.2, -0.15) is 5.26 Å². The van der Waals surface area contributed by atoms with Gasteiger partial charge in [-0.25, -0.2) is 14.4 Å². The Kier molecular flexibility index (Phi) is 2.74. The van der Waals surface area contributed by atoms with E-state index in [0.717, 1.165) is 12.4 Å². The molecular weight excluding hydrogens is 207 g/mol. The van der Waals surface area contributed by atoms with E-state index in [9.17, 15) is 4.39 Å². The summed E-state index contributed by atoms with van der Waals surface area (Å²) in [4.78, 5) is 7.48. The normalized spacial score (nSPS) is 9.50. The van der Waals surface area contributed by atoms with Crippen LogP contribution in [-0.2, 0) is 0 Å². The molecule has 0 aliphatic heterocycles. The SMILES string of the molecule is N#Cc1ccccc1Nc1ncc(F)cn1. The molecule has 0 spiro atoms. The van der Waals surface area contributed by atoms with Gasteiger partial charge in [0.15, 0.2) is 5.82 Å². The molecule has 0 aliphatic rings. The van der Waals surface area contributed by atoms with Gasteiger partial charge in [-0.1, -0.05) is 12.1 Å². The van der Waals surface area contributed by atoms with Crippen LogP contribution in [0.15, 0.2) is 36.7 Å². The second-order valence-corrected chi connectivity index (χ2v) is 3.01. The predicted molar refractivity (Wildman–Crippen MR) is 56.4 cm³/mol. The number of aromatic nitrogens is 2. The van der Waals surface area contributed by atoms with Crippen LogP contribution in [0.1, 0.15) is 5.56 Å². The zero-order chi connectivity index (χ0) is 11.4. The highest BCUT2D eigenvalue weighted by Gasteiger charge is 2.02. The summed E-state index contributed by atoms with van der Waals surface area (Å²) in [7, 11) is 0. The van der Waals surface area contributed by atoms with E-state index < -0.39 is 5.82 Å². The molecule has 0 saturated heterocycles. The average Bonchev–Trinajstić information content (AvgIpc) is 2.33. The second kappa shape index (κ2) is 4.36. The lowest BCUT2D eigenvalue weighted by molar-refractivity contribution is 0.614. The van der Waals surface area contributed by atoms with Gasteiger partial charge in [-0.3, -0.25) is 0 Å². The Morgan fingerprint density at radius 3 is 2.56 bits per heavy atom. The molecule has 0 unspecified atom stereocenters. The minimum absolute atomic E-state index is 0.254. The summed E-state index contributed by atoms with van der Waals surface area (Å²) < 4.78 is 12.6. The van der Waals surface area contributed by atoms with Gasteiger partial charge in [-0.15, -0.1) is 0 Å². The van der Waals surface area contributed by atoms with Crippen molar-refractivity contribution >= 4 is 11.6 Å². The van der Waals surface area contributed by atoms with Crippen LogP contribution in [0.5, 0.6) is 0 Å². The van der Waals surface area contributed by atoms with Gasteiger partial charge in [0.25, 0.3) is 0 Å². The van der Waals surface area contributed by atoms with Gasteiger partial charge < -0.3 is 5.32 Å². The fourth-order valence-electron chi connectivity index (χ4n) is 1.19. The Balaban J connectivity index is 2.27. The molecule has 4 nitrogen and oxygen atoms in total. The summed E-state index contributed by atoms with van der Waals surface area (Å²) in [5.74, 6) is -0.247. The Hall–Kier alpha value is -2.48.